The van der Waals surface area contributed by atoms with Gasteiger partial charge in [-0.25, -0.2) is 0 Å². The Morgan fingerprint density at radius 3 is 2.71 bits per heavy atom. The number of amides is 1. The third-order valence-corrected chi connectivity index (χ3v) is 3.48. The molecule has 17 heavy (non-hydrogen) atoms. The molecule has 3 N–H and O–H groups in total. The lowest BCUT2D eigenvalue weighted by Crippen LogP contribution is -2.39. The SMILES string of the molecule is CC1CCN(CCNC(=O)CCCCN)CC1. The number of hydrogen-bond donors (Lipinski definition) is 2. The molecule has 1 saturated heterocycles. The Morgan fingerprint density at radius 1 is 1.35 bits per heavy atom. The topological polar surface area (TPSA) is 58.4 Å². The fourth-order valence-electron chi connectivity index (χ4n) is 2.16. The highest BCUT2D eigenvalue weighted by Crippen LogP contribution is 2.14. The second-order valence-electron chi connectivity index (χ2n) is 5.12. The van der Waals surface area contributed by atoms with Crippen LogP contribution in [0.15, 0.2) is 0 Å². The maximum atomic E-state index is 11.4. The Labute approximate surface area is 105 Å². The Bertz CT molecular complexity index is 213. The van der Waals surface area contributed by atoms with Gasteiger partial charge >= 0.3 is 0 Å². The van der Waals surface area contributed by atoms with E-state index >= 15 is 0 Å². The molecule has 1 heterocycles. The van der Waals surface area contributed by atoms with Gasteiger partial charge in [0.2, 0.25) is 5.91 Å². The summed E-state index contributed by atoms with van der Waals surface area (Å²) in [4.78, 5) is 13.9. The predicted molar refractivity (Wildman–Crippen MR) is 70.8 cm³/mol. The zero-order valence-electron chi connectivity index (χ0n) is 11.1. The summed E-state index contributed by atoms with van der Waals surface area (Å²) in [6, 6.07) is 0. The molecule has 1 fully saturated rings. The summed E-state index contributed by atoms with van der Waals surface area (Å²) in [5, 5.41) is 2.98. The molecule has 1 amide bonds. The first-order valence-electron chi connectivity index (χ1n) is 6.91. The molecule has 4 heteroatoms. The van der Waals surface area contributed by atoms with Crippen molar-refractivity contribution in [1.29, 1.82) is 0 Å². The highest BCUT2D eigenvalue weighted by atomic mass is 16.1. The van der Waals surface area contributed by atoms with Crippen LogP contribution in [-0.4, -0.2) is 43.5 Å². The van der Waals surface area contributed by atoms with Crippen LogP contribution in [0.25, 0.3) is 0 Å². The molecule has 0 aliphatic carbocycles. The van der Waals surface area contributed by atoms with Gasteiger partial charge in [-0.1, -0.05) is 6.92 Å². The predicted octanol–water partition coefficient (Wildman–Crippen LogP) is 0.964. The van der Waals surface area contributed by atoms with Crippen molar-refractivity contribution in [2.45, 2.75) is 39.0 Å². The molecular weight excluding hydrogens is 214 g/mol. The molecule has 1 rings (SSSR count). The van der Waals surface area contributed by atoms with E-state index in [1.807, 2.05) is 0 Å². The average molecular weight is 241 g/mol. The molecule has 0 aromatic carbocycles. The van der Waals surface area contributed by atoms with Crippen molar-refractivity contribution in [3.05, 3.63) is 0 Å². The van der Waals surface area contributed by atoms with E-state index in [1.165, 1.54) is 25.9 Å². The van der Waals surface area contributed by atoms with Gasteiger partial charge in [0.25, 0.3) is 0 Å². The van der Waals surface area contributed by atoms with E-state index in [9.17, 15) is 4.79 Å². The van der Waals surface area contributed by atoms with Gasteiger partial charge in [-0.05, 0) is 51.2 Å². The number of hydrogen-bond acceptors (Lipinski definition) is 3. The number of carbonyl (C=O) groups excluding carboxylic acids is 1. The first kappa shape index (κ1) is 14.5. The van der Waals surface area contributed by atoms with Crippen LogP contribution in [0.5, 0.6) is 0 Å². The minimum Gasteiger partial charge on any atom is -0.355 e. The molecule has 100 valence electrons. The summed E-state index contributed by atoms with van der Waals surface area (Å²) in [5.74, 6) is 1.04. The Balaban J connectivity index is 1.97. The van der Waals surface area contributed by atoms with Crippen LogP contribution in [0.2, 0.25) is 0 Å². The van der Waals surface area contributed by atoms with E-state index in [4.69, 9.17) is 5.73 Å². The van der Waals surface area contributed by atoms with E-state index in [-0.39, 0.29) is 5.91 Å². The van der Waals surface area contributed by atoms with Gasteiger partial charge in [-0.2, -0.15) is 0 Å². The summed E-state index contributed by atoms with van der Waals surface area (Å²) in [5.41, 5.74) is 5.39. The fourth-order valence-corrected chi connectivity index (χ4v) is 2.16. The van der Waals surface area contributed by atoms with Crippen molar-refractivity contribution < 1.29 is 4.79 Å². The molecular formula is C13H27N3O. The van der Waals surface area contributed by atoms with Crippen molar-refractivity contribution in [2.75, 3.05) is 32.7 Å². The van der Waals surface area contributed by atoms with E-state index in [2.05, 4.69) is 17.1 Å². The summed E-state index contributed by atoms with van der Waals surface area (Å²) in [6.07, 6.45) is 5.06. The van der Waals surface area contributed by atoms with E-state index in [1.54, 1.807) is 0 Å². The van der Waals surface area contributed by atoms with Crippen LogP contribution in [-0.2, 0) is 4.79 Å². The van der Waals surface area contributed by atoms with Gasteiger partial charge in [0.05, 0.1) is 0 Å². The smallest absolute Gasteiger partial charge is 0.220 e. The van der Waals surface area contributed by atoms with Crippen LogP contribution >= 0.6 is 0 Å². The lowest BCUT2D eigenvalue weighted by Gasteiger charge is -2.30. The van der Waals surface area contributed by atoms with Crippen molar-refractivity contribution in [3.63, 3.8) is 0 Å². The maximum Gasteiger partial charge on any atom is 0.220 e. The molecule has 0 saturated carbocycles. The Morgan fingerprint density at radius 2 is 2.06 bits per heavy atom. The van der Waals surface area contributed by atoms with Crippen molar-refractivity contribution >= 4 is 5.91 Å². The molecule has 0 aromatic rings. The number of rotatable bonds is 7. The lowest BCUT2D eigenvalue weighted by molar-refractivity contribution is -0.121. The standard InChI is InChI=1S/C13H27N3O/c1-12-5-9-16(10-6-12)11-8-15-13(17)4-2-3-7-14/h12H,2-11,14H2,1H3,(H,15,17). The minimum atomic E-state index is 0.170. The minimum absolute atomic E-state index is 0.170. The van der Waals surface area contributed by atoms with Crippen molar-refractivity contribution in [2.24, 2.45) is 11.7 Å². The maximum absolute atomic E-state index is 11.4. The molecule has 0 bridgehead atoms. The molecule has 0 aromatic heterocycles. The van der Waals surface area contributed by atoms with Gasteiger partial charge in [0.1, 0.15) is 0 Å². The molecule has 0 spiro atoms. The van der Waals surface area contributed by atoms with Crippen molar-refractivity contribution in [3.8, 4) is 0 Å². The van der Waals surface area contributed by atoms with Crippen LogP contribution in [0, 0.1) is 5.92 Å². The van der Waals surface area contributed by atoms with Crippen LogP contribution in [0.3, 0.4) is 0 Å². The number of nitrogens with one attached hydrogen (secondary N) is 1. The Kier molecular flexibility index (Phi) is 7.21. The number of nitrogens with zero attached hydrogens (tertiary/aromatic N) is 1. The van der Waals surface area contributed by atoms with Crippen molar-refractivity contribution in [1.82, 2.24) is 10.2 Å². The van der Waals surface area contributed by atoms with Crippen LogP contribution in [0.4, 0.5) is 0 Å². The van der Waals surface area contributed by atoms with E-state index < -0.39 is 0 Å². The lowest BCUT2D eigenvalue weighted by atomic mass is 9.99. The number of likely N-dealkylation sites (tertiary alicyclic amines) is 1. The van der Waals surface area contributed by atoms with E-state index in [0.29, 0.717) is 13.0 Å². The monoisotopic (exact) mass is 241 g/mol. The number of piperidine rings is 1. The largest absolute Gasteiger partial charge is 0.355 e. The summed E-state index contributed by atoms with van der Waals surface area (Å²) < 4.78 is 0. The van der Waals surface area contributed by atoms with Gasteiger partial charge in [-0.3, -0.25) is 4.79 Å². The highest BCUT2D eigenvalue weighted by molar-refractivity contribution is 5.75. The first-order valence-corrected chi connectivity index (χ1v) is 6.91. The molecule has 4 nitrogen and oxygen atoms in total. The molecule has 0 unspecified atom stereocenters. The molecule has 1 aliphatic rings. The van der Waals surface area contributed by atoms with E-state index in [0.717, 1.165) is 31.8 Å². The normalized spacial score (nSPS) is 18.2. The van der Waals surface area contributed by atoms with Gasteiger partial charge in [0, 0.05) is 19.5 Å². The number of unbranched alkanes of at least 4 members (excludes halogenated alkanes) is 1. The zero-order chi connectivity index (χ0) is 12.5. The van der Waals surface area contributed by atoms with Gasteiger partial charge < -0.3 is 16.0 Å². The highest BCUT2D eigenvalue weighted by Gasteiger charge is 2.14. The summed E-state index contributed by atoms with van der Waals surface area (Å²) in [7, 11) is 0. The summed E-state index contributed by atoms with van der Waals surface area (Å²) >= 11 is 0. The number of carbonyl (C=O) groups is 1. The second kappa shape index (κ2) is 8.48. The second-order valence-corrected chi connectivity index (χ2v) is 5.12. The molecule has 1 aliphatic heterocycles. The van der Waals surface area contributed by atoms with Gasteiger partial charge in [-0.15, -0.1) is 0 Å². The van der Waals surface area contributed by atoms with Gasteiger partial charge in [0.15, 0.2) is 0 Å². The third kappa shape index (κ3) is 6.64. The average Bonchev–Trinajstić information content (AvgIpc) is 2.32. The van der Waals surface area contributed by atoms with Crippen LogP contribution in [0.1, 0.15) is 39.0 Å². The summed E-state index contributed by atoms with van der Waals surface area (Å²) in [6.45, 7) is 7.15. The Hall–Kier alpha value is -0.610. The quantitative estimate of drug-likeness (QED) is 0.653. The molecule has 0 radical (unpaired) electrons. The third-order valence-electron chi connectivity index (χ3n) is 3.48. The fraction of sp³-hybridized carbons (Fsp3) is 0.923. The molecule has 0 atom stereocenters. The van der Waals surface area contributed by atoms with Crippen LogP contribution < -0.4 is 11.1 Å². The number of nitrogens with two attached hydrogens (primary N) is 1. The zero-order valence-corrected chi connectivity index (χ0v) is 11.1. The first-order chi connectivity index (χ1) is 8.22.